The predicted molar refractivity (Wildman–Crippen MR) is 101 cm³/mol. The summed E-state index contributed by atoms with van der Waals surface area (Å²) in [6.07, 6.45) is 5.70. The van der Waals surface area contributed by atoms with Crippen LogP contribution in [0.1, 0.15) is 38.5 Å². The monoisotopic (exact) mass is 360 g/mol. The summed E-state index contributed by atoms with van der Waals surface area (Å²) >= 11 is 0. The van der Waals surface area contributed by atoms with Crippen LogP contribution in [0.3, 0.4) is 0 Å². The van der Waals surface area contributed by atoms with Crippen LogP contribution >= 0.6 is 0 Å². The second-order valence-electron chi connectivity index (χ2n) is 8.11. The number of nitrogens with zero attached hydrogens (tertiary/aromatic N) is 2. The molecule has 3 aliphatic rings. The number of aliphatic hydroxyl groups excluding tert-OH is 2. The van der Waals surface area contributed by atoms with Gasteiger partial charge in [0, 0.05) is 37.8 Å². The van der Waals surface area contributed by atoms with Gasteiger partial charge >= 0.3 is 0 Å². The van der Waals surface area contributed by atoms with E-state index in [0.29, 0.717) is 12.1 Å². The third-order valence-corrected chi connectivity index (χ3v) is 6.52. The first-order chi connectivity index (χ1) is 12.8. The average Bonchev–Trinajstić information content (AvgIpc) is 3.11. The minimum atomic E-state index is -0.474. The molecule has 1 aliphatic carbocycles. The summed E-state index contributed by atoms with van der Waals surface area (Å²) < 4.78 is 6.13. The van der Waals surface area contributed by atoms with Crippen LogP contribution in [-0.2, 0) is 0 Å². The van der Waals surface area contributed by atoms with Crippen molar-refractivity contribution in [3.8, 4) is 5.75 Å². The molecule has 4 rings (SSSR count). The molecule has 0 amide bonds. The molecule has 1 aromatic rings. The van der Waals surface area contributed by atoms with Gasteiger partial charge in [0.2, 0.25) is 0 Å². The molecule has 1 unspecified atom stereocenters. The van der Waals surface area contributed by atoms with Crippen molar-refractivity contribution >= 4 is 0 Å². The highest BCUT2D eigenvalue weighted by molar-refractivity contribution is 5.21. The van der Waals surface area contributed by atoms with Crippen LogP contribution in [0.5, 0.6) is 5.75 Å². The SMILES string of the molecule is OCC[C@H]1CN2CCCC2CN1[C@H]1CCC[C@@H](Oc2ccccc2)[C@@H]1O. The predicted octanol–water partition coefficient (Wildman–Crippen LogP) is 1.88. The van der Waals surface area contributed by atoms with Crippen molar-refractivity contribution in [3.05, 3.63) is 30.3 Å². The largest absolute Gasteiger partial charge is 0.488 e. The zero-order valence-corrected chi connectivity index (χ0v) is 15.5. The zero-order chi connectivity index (χ0) is 17.9. The molecule has 2 saturated heterocycles. The third-order valence-electron chi connectivity index (χ3n) is 6.52. The number of rotatable bonds is 5. The van der Waals surface area contributed by atoms with Gasteiger partial charge < -0.3 is 14.9 Å². The fourth-order valence-corrected chi connectivity index (χ4v) is 5.20. The second kappa shape index (κ2) is 8.26. The maximum absolute atomic E-state index is 11.1. The van der Waals surface area contributed by atoms with Crippen molar-refractivity contribution in [1.29, 1.82) is 0 Å². The maximum Gasteiger partial charge on any atom is 0.126 e. The molecule has 0 radical (unpaired) electrons. The smallest absolute Gasteiger partial charge is 0.126 e. The van der Waals surface area contributed by atoms with Gasteiger partial charge in [0.25, 0.3) is 0 Å². The topological polar surface area (TPSA) is 56.2 Å². The molecule has 144 valence electrons. The van der Waals surface area contributed by atoms with E-state index in [-0.39, 0.29) is 18.8 Å². The van der Waals surface area contributed by atoms with Gasteiger partial charge in [0.1, 0.15) is 18.0 Å². The van der Waals surface area contributed by atoms with Crippen molar-refractivity contribution < 1.29 is 14.9 Å². The number of hydrogen-bond donors (Lipinski definition) is 2. The van der Waals surface area contributed by atoms with Crippen molar-refractivity contribution in [2.75, 3.05) is 26.2 Å². The van der Waals surface area contributed by atoms with Crippen LogP contribution in [0.15, 0.2) is 30.3 Å². The Kier molecular flexibility index (Phi) is 5.79. The molecule has 1 saturated carbocycles. The lowest BCUT2D eigenvalue weighted by Crippen LogP contribution is -2.63. The lowest BCUT2D eigenvalue weighted by atomic mass is 9.86. The molecule has 0 aromatic heterocycles. The minimum absolute atomic E-state index is 0.136. The maximum atomic E-state index is 11.1. The summed E-state index contributed by atoms with van der Waals surface area (Å²) in [5.74, 6) is 0.838. The normalized spacial score (nSPS) is 36.0. The van der Waals surface area contributed by atoms with E-state index in [4.69, 9.17) is 4.74 Å². The number of hydrogen-bond acceptors (Lipinski definition) is 5. The molecular formula is C21H32N2O3. The van der Waals surface area contributed by atoms with E-state index >= 15 is 0 Å². The molecule has 2 aliphatic heterocycles. The lowest BCUT2D eigenvalue weighted by molar-refractivity contribution is -0.0883. The van der Waals surface area contributed by atoms with E-state index in [0.717, 1.165) is 44.5 Å². The summed E-state index contributed by atoms with van der Waals surface area (Å²) in [5, 5.41) is 20.7. The molecule has 2 N–H and O–H groups in total. The number of para-hydroxylation sites is 1. The fourth-order valence-electron chi connectivity index (χ4n) is 5.20. The Morgan fingerprint density at radius 3 is 2.69 bits per heavy atom. The van der Waals surface area contributed by atoms with E-state index in [1.54, 1.807) is 0 Å². The minimum Gasteiger partial charge on any atom is -0.488 e. The summed E-state index contributed by atoms with van der Waals surface area (Å²) in [7, 11) is 0. The van der Waals surface area contributed by atoms with Gasteiger partial charge in [0.05, 0.1) is 0 Å². The number of fused-ring (bicyclic) bond motifs is 1. The Labute approximate surface area is 156 Å². The highest BCUT2D eigenvalue weighted by atomic mass is 16.5. The zero-order valence-electron chi connectivity index (χ0n) is 15.5. The molecule has 5 nitrogen and oxygen atoms in total. The van der Waals surface area contributed by atoms with Crippen molar-refractivity contribution in [2.24, 2.45) is 0 Å². The summed E-state index contributed by atoms with van der Waals surface area (Å²) in [4.78, 5) is 5.10. The quantitative estimate of drug-likeness (QED) is 0.840. The summed E-state index contributed by atoms with van der Waals surface area (Å²) in [6, 6.07) is 10.9. The Morgan fingerprint density at radius 2 is 1.88 bits per heavy atom. The van der Waals surface area contributed by atoms with Crippen molar-refractivity contribution in [2.45, 2.75) is 68.9 Å². The highest BCUT2D eigenvalue weighted by Gasteiger charge is 2.44. The first-order valence-electron chi connectivity index (χ1n) is 10.3. The van der Waals surface area contributed by atoms with Gasteiger partial charge in [-0.25, -0.2) is 0 Å². The van der Waals surface area contributed by atoms with Crippen LogP contribution < -0.4 is 4.74 Å². The summed E-state index contributed by atoms with van der Waals surface area (Å²) in [5.41, 5.74) is 0. The van der Waals surface area contributed by atoms with Gasteiger partial charge in [-0.2, -0.15) is 0 Å². The molecule has 5 heteroatoms. The van der Waals surface area contributed by atoms with E-state index in [1.807, 2.05) is 30.3 Å². The Morgan fingerprint density at radius 1 is 1.04 bits per heavy atom. The van der Waals surface area contributed by atoms with Crippen molar-refractivity contribution in [3.63, 3.8) is 0 Å². The number of aliphatic hydroxyl groups is 2. The molecular weight excluding hydrogens is 328 g/mol. The first kappa shape index (κ1) is 18.2. The molecule has 3 fully saturated rings. The number of ether oxygens (including phenoxy) is 1. The first-order valence-corrected chi connectivity index (χ1v) is 10.3. The van der Waals surface area contributed by atoms with Crippen LogP contribution in [0.25, 0.3) is 0 Å². The standard InChI is InChI=1S/C21H32N2O3/c24-13-11-17-14-22-12-5-6-16(22)15-23(17)19-9-4-10-20(21(19)25)26-18-7-2-1-3-8-18/h1-3,7-8,16-17,19-21,24-25H,4-6,9-15H2/t16?,17-,19-,20+,21+/m0/s1. The fraction of sp³-hybridized carbons (Fsp3) is 0.714. The highest BCUT2D eigenvalue weighted by Crippen LogP contribution is 2.33. The van der Waals surface area contributed by atoms with Crippen LogP contribution in [0.2, 0.25) is 0 Å². The molecule has 5 atom stereocenters. The molecule has 0 spiro atoms. The van der Waals surface area contributed by atoms with Crippen molar-refractivity contribution in [1.82, 2.24) is 9.80 Å². The number of piperazine rings is 1. The molecule has 26 heavy (non-hydrogen) atoms. The molecule has 2 heterocycles. The average molecular weight is 360 g/mol. The van der Waals surface area contributed by atoms with E-state index in [9.17, 15) is 10.2 Å². The van der Waals surface area contributed by atoms with Gasteiger partial charge in [-0.1, -0.05) is 18.2 Å². The van der Waals surface area contributed by atoms with Gasteiger partial charge in [-0.3, -0.25) is 9.80 Å². The Hall–Kier alpha value is -1.14. The number of benzene rings is 1. The third kappa shape index (κ3) is 3.77. The Bertz CT molecular complexity index is 570. The van der Waals surface area contributed by atoms with Gasteiger partial charge in [-0.15, -0.1) is 0 Å². The van der Waals surface area contributed by atoms with Crippen LogP contribution in [0.4, 0.5) is 0 Å². The Balaban J connectivity index is 1.47. The van der Waals surface area contributed by atoms with Gasteiger partial charge in [0.15, 0.2) is 0 Å². The molecule has 0 bridgehead atoms. The van der Waals surface area contributed by atoms with Crippen LogP contribution in [0, 0.1) is 0 Å². The van der Waals surface area contributed by atoms with E-state index in [1.165, 1.54) is 19.4 Å². The van der Waals surface area contributed by atoms with Gasteiger partial charge in [-0.05, 0) is 57.2 Å². The molecule has 1 aromatic carbocycles. The second-order valence-corrected chi connectivity index (χ2v) is 8.11. The van der Waals surface area contributed by atoms with E-state index in [2.05, 4.69) is 9.80 Å². The summed E-state index contributed by atoms with van der Waals surface area (Å²) in [6.45, 7) is 3.45. The van der Waals surface area contributed by atoms with Crippen LogP contribution in [-0.4, -0.2) is 76.6 Å². The lowest BCUT2D eigenvalue weighted by Gasteiger charge is -2.50. The van der Waals surface area contributed by atoms with E-state index < -0.39 is 6.10 Å².